The zero-order chi connectivity index (χ0) is 13.9. The number of aromatic nitrogens is 1. The Kier molecular flexibility index (Phi) is 3.84. The van der Waals surface area contributed by atoms with Gasteiger partial charge < -0.3 is 10.5 Å². The average Bonchev–Trinajstić information content (AvgIpc) is 3.06. The first-order valence-electron chi connectivity index (χ1n) is 6.78. The van der Waals surface area contributed by atoms with Gasteiger partial charge in [0.25, 0.3) is 5.91 Å². The fraction of sp³-hybridized carbons (Fsp3) is 0.429. The SMILES string of the molecule is NC(=O)c1cc2ccc(OCCN3CCCC3)nc2s1. The van der Waals surface area contributed by atoms with Crippen molar-refractivity contribution in [2.24, 2.45) is 5.73 Å². The zero-order valence-electron chi connectivity index (χ0n) is 11.2. The minimum absolute atomic E-state index is 0.412. The molecule has 0 radical (unpaired) electrons. The molecule has 0 aliphatic carbocycles. The van der Waals surface area contributed by atoms with E-state index in [1.54, 1.807) is 6.07 Å². The van der Waals surface area contributed by atoms with E-state index in [4.69, 9.17) is 10.5 Å². The van der Waals surface area contributed by atoms with E-state index in [0.29, 0.717) is 17.4 Å². The number of likely N-dealkylation sites (tertiary alicyclic amines) is 1. The Balaban J connectivity index is 1.64. The summed E-state index contributed by atoms with van der Waals surface area (Å²) >= 11 is 1.30. The predicted octanol–water partition coefficient (Wildman–Crippen LogP) is 1.87. The number of nitrogens with two attached hydrogens (primary N) is 1. The summed E-state index contributed by atoms with van der Waals surface area (Å²) in [6.45, 7) is 3.93. The number of hydrogen-bond acceptors (Lipinski definition) is 5. The monoisotopic (exact) mass is 291 g/mol. The van der Waals surface area contributed by atoms with Crippen LogP contribution in [0.4, 0.5) is 0 Å². The predicted molar refractivity (Wildman–Crippen MR) is 79.3 cm³/mol. The Labute approximate surface area is 121 Å². The lowest BCUT2D eigenvalue weighted by Gasteiger charge is -2.14. The Morgan fingerprint density at radius 3 is 2.95 bits per heavy atom. The van der Waals surface area contributed by atoms with Crippen molar-refractivity contribution in [2.75, 3.05) is 26.2 Å². The summed E-state index contributed by atoms with van der Waals surface area (Å²) in [5, 5.41) is 0.927. The van der Waals surface area contributed by atoms with E-state index < -0.39 is 5.91 Å². The first kappa shape index (κ1) is 13.3. The van der Waals surface area contributed by atoms with Gasteiger partial charge in [-0.1, -0.05) is 0 Å². The molecule has 0 saturated carbocycles. The minimum Gasteiger partial charge on any atom is -0.476 e. The highest BCUT2D eigenvalue weighted by molar-refractivity contribution is 7.20. The van der Waals surface area contributed by atoms with Crippen LogP contribution in [0, 0.1) is 0 Å². The summed E-state index contributed by atoms with van der Waals surface area (Å²) in [7, 11) is 0. The van der Waals surface area contributed by atoms with Crippen molar-refractivity contribution >= 4 is 27.5 Å². The average molecular weight is 291 g/mol. The molecule has 1 aliphatic rings. The molecule has 106 valence electrons. The summed E-state index contributed by atoms with van der Waals surface area (Å²) in [6.07, 6.45) is 2.57. The van der Waals surface area contributed by atoms with E-state index in [9.17, 15) is 4.79 Å². The van der Waals surface area contributed by atoms with Gasteiger partial charge in [-0.2, -0.15) is 0 Å². The second kappa shape index (κ2) is 5.76. The van der Waals surface area contributed by atoms with Crippen LogP contribution in [0.5, 0.6) is 5.88 Å². The first-order valence-corrected chi connectivity index (χ1v) is 7.59. The van der Waals surface area contributed by atoms with Gasteiger partial charge in [-0.3, -0.25) is 9.69 Å². The van der Waals surface area contributed by atoms with E-state index in [0.717, 1.165) is 16.8 Å². The number of carbonyl (C=O) groups excluding carboxylic acids is 1. The third-order valence-corrected chi connectivity index (χ3v) is 4.52. The van der Waals surface area contributed by atoms with Crippen molar-refractivity contribution in [3.63, 3.8) is 0 Å². The summed E-state index contributed by atoms with van der Waals surface area (Å²) in [5.74, 6) is 0.194. The number of carbonyl (C=O) groups is 1. The first-order chi connectivity index (χ1) is 9.72. The van der Waals surface area contributed by atoms with Gasteiger partial charge >= 0.3 is 0 Å². The van der Waals surface area contributed by atoms with Gasteiger partial charge in [-0.15, -0.1) is 11.3 Å². The molecule has 0 bridgehead atoms. The smallest absolute Gasteiger partial charge is 0.258 e. The second-order valence-electron chi connectivity index (χ2n) is 4.92. The van der Waals surface area contributed by atoms with Crippen LogP contribution >= 0.6 is 11.3 Å². The second-order valence-corrected chi connectivity index (χ2v) is 5.95. The fourth-order valence-corrected chi connectivity index (χ4v) is 3.26. The Morgan fingerprint density at radius 2 is 2.20 bits per heavy atom. The quantitative estimate of drug-likeness (QED) is 0.913. The molecule has 1 aliphatic heterocycles. The molecule has 3 heterocycles. The number of nitrogens with zero attached hydrogens (tertiary/aromatic N) is 2. The van der Waals surface area contributed by atoms with E-state index >= 15 is 0 Å². The molecule has 0 unspecified atom stereocenters. The van der Waals surface area contributed by atoms with E-state index in [1.165, 1.54) is 37.3 Å². The molecule has 6 heteroatoms. The third-order valence-electron chi connectivity index (χ3n) is 3.46. The van der Waals surface area contributed by atoms with Crippen LogP contribution in [0.1, 0.15) is 22.5 Å². The number of ether oxygens (including phenoxy) is 1. The Hall–Kier alpha value is -1.66. The van der Waals surface area contributed by atoms with Gasteiger partial charge in [0, 0.05) is 18.0 Å². The van der Waals surface area contributed by atoms with Crippen molar-refractivity contribution in [1.82, 2.24) is 9.88 Å². The molecule has 3 rings (SSSR count). The van der Waals surface area contributed by atoms with Gasteiger partial charge in [0.15, 0.2) is 0 Å². The topological polar surface area (TPSA) is 68.5 Å². The van der Waals surface area contributed by atoms with Crippen LogP contribution < -0.4 is 10.5 Å². The lowest BCUT2D eigenvalue weighted by atomic mass is 10.3. The van der Waals surface area contributed by atoms with Crippen LogP contribution in [0.15, 0.2) is 18.2 Å². The van der Waals surface area contributed by atoms with E-state index in [-0.39, 0.29) is 0 Å². The molecule has 2 aromatic rings. The summed E-state index contributed by atoms with van der Waals surface area (Å²) in [5.41, 5.74) is 5.27. The fourth-order valence-electron chi connectivity index (χ4n) is 2.39. The molecular formula is C14H17N3O2S. The van der Waals surface area contributed by atoms with E-state index in [1.807, 2.05) is 12.1 Å². The minimum atomic E-state index is -0.412. The van der Waals surface area contributed by atoms with Gasteiger partial charge in [0.2, 0.25) is 5.88 Å². The van der Waals surface area contributed by atoms with Crippen molar-refractivity contribution in [1.29, 1.82) is 0 Å². The molecule has 1 saturated heterocycles. The van der Waals surface area contributed by atoms with Crippen molar-refractivity contribution in [3.8, 4) is 5.88 Å². The van der Waals surface area contributed by atoms with Crippen LogP contribution in [0.25, 0.3) is 10.2 Å². The third kappa shape index (κ3) is 2.91. The number of fused-ring (bicyclic) bond motifs is 1. The number of rotatable bonds is 5. The maximum atomic E-state index is 11.1. The van der Waals surface area contributed by atoms with E-state index in [2.05, 4.69) is 9.88 Å². The molecule has 2 aromatic heterocycles. The summed E-state index contributed by atoms with van der Waals surface area (Å²) in [4.78, 5) is 19.3. The lowest BCUT2D eigenvalue weighted by molar-refractivity contribution is 0.100. The highest BCUT2D eigenvalue weighted by Crippen LogP contribution is 2.25. The number of thiophene rings is 1. The lowest BCUT2D eigenvalue weighted by Crippen LogP contribution is -2.25. The molecule has 20 heavy (non-hydrogen) atoms. The summed E-state index contributed by atoms with van der Waals surface area (Å²) in [6, 6.07) is 5.52. The molecule has 1 fully saturated rings. The molecule has 1 amide bonds. The number of amides is 1. The van der Waals surface area contributed by atoms with Crippen LogP contribution in [-0.4, -0.2) is 42.0 Å². The largest absolute Gasteiger partial charge is 0.476 e. The van der Waals surface area contributed by atoms with Crippen molar-refractivity contribution < 1.29 is 9.53 Å². The van der Waals surface area contributed by atoms with Crippen LogP contribution in [-0.2, 0) is 0 Å². The van der Waals surface area contributed by atoms with Crippen molar-refractivity contribution in [3.05, 3.63) is 23.1 Å². The molecule has 0 aromatic carbocycles. The van der Waals surface area contributed by atoms with Crippen LogP contribution in [0.2, 0.25) is 0 Å². The maximum absolute atomic E-state index is 11.1. The van der Waals surface area contributed by atoms with Crippen molar-refractivity contribution in [2.45, 2.75) is 12.8 Å². The van der Waals surface area contributed by atoms with Gasteiger partial charge in [-0.25, -0.2) is 4.98 Å². The van der Waals surface area contributed by atoms with Gasteiger partial charge in [0.1, 0.15) is 11.4 Å². The maximum Gasteiger partial charge on any atom is 0.258 e. The number of pyridine rings is 1. The summed E-state index contributed by atoms with van der Waals surface area (Å²) < 4.78 is 5.68. The van der Waals surface area contributed by atoms with Gasteiger partial charge in [-0.05, 0) is 38.1 Å². The normalized spacial score (nSPS) is 15.8. The number of hydrogen-bond donors (Lipinski definition) is 1. The van der Waals surface area contributed by atoms with Gasteiger partial charge in [0.05, 0.1) is 4.88 Å². The standard InChI is InChI=1S/C14H17N3O2S/c15-13(18)11-9-10-3-4-12(16-14(10)20-11)19-8-7-17-5-1-2-6-17/h3-4,9H,1-2,5-8H2,(H2,15,18). The highest BCUT2D eigenvalue weighted by atomic mass is 32.1. The molecular weight excluding hydrogens is 274 g/mol. The molecule has 0 spiro atoms. The van der Waals surface area contributed by atoms with Crippen LogP contribution in [0.3, 0.4) is 0 Å². The Bertz CT molecular complexity index is 620. The zero-order valence-corrected chi connectivity index (χ0v) is 12.0. The Morgan fingerprint density at radius 1 is 1.40 bits per heavy atom. The number of primary amides is 1. The highest BCUT2D eigenvalue weighted by Gasteiger charge is 2.12. The molecule has 2 N–H and O–H groups in total. The molecule has 0 atom stereocenters. The molecule has 5 nitrogen and oxygen atoms in total.